The van der Waals surface area contributed by atoms with Crippen molar-refractivity contribution in [2.45, 2.75) is 26.8 Å². The number of hydrogen-bond acceptors (Lipinski definition) is 2. The van der Waals surface area contributed by atoms with Gasteiger partial charge >= 0.3 is 0 Å². The predicted octanol–water partition coefficient (Wildman–Crippen LogP) is 2.97. The molecule has 1 N–H and O–H groups in total. The third-order valence-corrected chi connectivity index (χ3v) is 4.45. The summed E-state index contributed by atoms with van der Waals surface area (Å²) >= 11 is 0. The van der Waals surface area contributed by atoms with E-state index in [1.165, 1.54) is 5.56 Å². The van der Waals surface area contributed by atoms with Crippen LogP contribution in [0.2, 0.25) is 0 Å². The van der Waals surface area contributed by atoms with E-state index >= 15 is 0 Å². The minimum atomic E-state index is -0.290. The van der Waals surface area contributed by atoms with E-state index in [-0.39, 0.29) is 24.2 Å². The highest BCUT2D eigenvalue weighted by molar-refractivity contribution is 6.00. The fourth-order valence-corrected chi connectivity index (χ4v) is 3.15. The predicted molar refractivity (Wildman–Crippen MR) is 94.7 cm³/mol. The first-order valence-electron chi connectivity index (χ1n) is 8.24. The highest BCUT2D eigenvalue weighted by atomic mass is 16.2. The lowest BCUT2D eigenvalue weighted by Crippen LogP contribution is -2.32. The van der Waals surface area contributed by atoms with E-state index in [2.05, 4.69) is 11.4 Å². The first kappa shape index (κ1) is 16.2. The smallest absolute Gasteiger partial charge is 0.227 e. The highest BCUT2D eigenvalue weighted by Crippen LogP contribution is 2.28. The van der Waals surface area contributed by atoms with Crippen LogP contribution in [0.25, 0.3) is 0 Å². The highest BCUT2D eigenvalue weighted by Gasteiger charge is 2.35. The molecule has 124 valence electrons. The zero-order valence-electron chi connectivity index (χ0n) is 14.1. The molecule has 0 aliphatic carbocycles. The number of nitrogens with one attached hydrogen (secondary N) is 1. The van der Waals surface area contributed by atoms with Crippen molar-refractivity contribution in [1.82, 2.24) is 5.32 Å². The molecule has 1 aliphatic rings. The summed E-state index contributed by atoms with van der Waals surface area (Å²) < 4.78 is 0. The Labute approximate surface area is 142 Å². The Bertz CT molecular complexity index is 755. The second kappa shape index (κ2) is 6.87. The number of carbonyl (C=O) groups is 2. The zero-order valence-corrected chi connectivity index (χ0v) is 14.1. The van der Waals surface area contributed by atoms with Crippen LogP contribution in [-0.2, 0) is 16.1 Å². The minimum absolute atomic E-state index is 0.0156. The molecule has 0 radical (unpaired) electrons. The molecule has 0 saturated carbocycles. The van der Waals surface area contributed by atoms with Crippen LogP contribution in [0.3, 0.4) is 0 Å². The summed E-state index contributed by atoms with van der Waals surface area (Å²) in [4.78, 5) is 26.5. The third kappa shape index (κ3) is 3.48. The molecule has 24 heavy (non-hydrogen) atoms. The van der Waals surface area contributed by atoms with Crippen LogP contribution < -0.4 is 10.2 Å². The fraction of sp³-hybridized carbons (Fsp3) is 0.300. The van der Waals surface area contributed by atoms with Gasteiger partial charge in [-0.05, 0) is 31.0 Å². The molecular weight excluding hydrogens is 300 g/mol. The van der Waals surface area contributed by atoms with Crippen LogP contribution in [-0.4, -0.2) is 18.4 Å². The van der Waals surface area contributed by atoms with E-state index in [0.29, 0.717) is 13.1 Å². The number of benzene rings is 2. The second-order valence-corrected chi connectivity index (χ2v) is 6.40. The quantitative estimate of drug-likeness (QED) is 0.941. The van der Waals surface area contributed by atoms with E-state index in [0.717, 1.165) is 16.8 Å². The average Bonchev–Trinajstić information content (AvgIpc) is 2.95. The van der Waals surface area contributed by atoms with Gasteiger partial charge in [0, 0.05) is 25.2 Å². The molecule has 1 fully saturated rings. The Morgan fingerprint density at radius 2 is 1.92 bits per heavy atom. The van der Waals surface area contributed by atoms with Gasteiger partial charge in [0.05, 0.1) is 5.92 Å². The number of hydrogen-bond donors (Lipinski definition) is 1. The molecule has 1 saturated heterocycles. The molecule has 1 heterocycles. The van der Waals surface area contributed by atoms with Crippen LogP contribution in [0.15, 0.2) is 48.5 Å². The Kier molecular flexibility index (Phi) is 4.65. The van der Waals surface area contributed by atoms with Crippen molar-refractivity contribution in [3.05, 3.63) is 65.2 Å². The molecule has 0 aromatic heterocycles. The molecule has 1 aliphatic heterocycles. The normalized spacial score (nSPS) is 17.2. The lowest BCUT2D eigenvalue weighted by atomic mass is 10.1. The minimum Gasteiger partial charge on any atom is -0.352 e. The monoisotopic (exact) mass is 322 g/mol. The topological polar surface area (TPSA) is 49.4 Å². The Morgan fingerprint density at radius 3 is 2.62 bits per heavy atom. The first-order chi connectivity index (χ1) is 11.5. The maximum Gasteiger partial charge on any atom is 0.227 e. The molecule has 2 aromatic rings. The number of nitrogens with zero attached hydrogens (tertiary/aromatic N) is 1. The molecular formula is C20H22N2O2. The lowest BCUT2D eigenvalue weighted by Gasteiger charge is -2.19. The van der Waals surface area contributed by atoms with Gasteiger partial charge in [-0.15, -0.1) is 0 Å². The number of anilines is 1. The average molecular weight is 322 g/mol. The van der Waals surface area contributed by atoms with Crippen molar-refractivity contribution >= 4 is 17.5 Å². The van der Waals surface area contributed by atoms with Crippen molar-refractivity contribution in [2.75, 3.05) is 11.4 Å². The van der Waals surface area contributed by atoms with Gasteiger partial charge in [0.15, 0.2) is 0 Å². The molecule has 2 amide bonds. The number of aryl methyl sites for hydroxylation is 2. The second-order valence-electron chi connectivity index (χ2n) is 6.40. The van der Waals surface area contributed by atoms with Crippen molar-refractivity contribution in [3.8, 4) is 0 Å². The van der Waals surface area contributed by atoms with E-state index in [9.17, 15) is 9.59 Å². The maximum absolute atomic E-state index is 12.4. The van der Waals surface area contributed by atoms with Crippen LogP contribution in [0.4, 0.5) is 5.69 Å². The van der Waals surface area contributed by atoms with Gasteiger partial charge in [0.1, 0.15) is 0 Å². The number of amides is 2. The summed E-state index contributed by atoms with van der Waals surface area (Å²) in [5.41, 5.74) is 4.19. The maximum atomic E-state index is 12.4. The van der Waals surface area contributed by atoms with E-state index in [1.807, 2.05) is 56.3 Å². The number of rotatable bonds is 4. The molecule has 3 rings (SSSR count). The van der Waals surface area contributed by atoms with Crippen LogP contribution in [0.1, 0.15) is 23.1 Å². The summed E-state index contributed by atoms with van der Waals surface area (Å²) in [6, 6.07) is 15.8. The zero-order chi connectivity index (χ0) is 17.1. The summed E-state index contributed by atoms with van der Waals surface area (Å²) in [6.45, 7) is 4.97. The van der Waals surface area contributed by atoms with Gasteiger partial charge in [-0.3, -0.25) is 9.59 Å². The molecule has 0 spiro atoms. The van der Waals surface area contributed by atoms with Gasteiger partial charge in [-0.1, -0.05) is 48.0 Å². The molecule has 4 nitrogen and oxygen atoms in total. The van der Waals surface area contributed by atoms with Gasteiger partial charge in [0.2, 0.25) is 11.8 Å². The van der Waals surface area contributed by atoms with Crippen molar-refractivity contribution in [3.63, 3.8) is 0 Å². The van der Waals surface area contributed by atoms with E-state index < -0.39 is 0 Å². The van der Waals surface area contributed by atoms with Crippen LogP contribution in [0.5, 0.6) is 0 Å². The van der Waals surface area contributed by atoms with Gasteiger partial charge in [-0.2, -0.15) is 0 Å². The van der Waals surface area contributed by atoms with Gasteiger partial charge < -0.3 is 10.2 Å². The molecule has 0 unspecified atom stereocenters. The van der Waals surface area contributed by atoms with Crippen molar-refractivity contribution < 1.29 is 9.59 Å². The fourth-order valence-electron chi connectivity index (χ4n) is 3.15. The summed E-state index contributed by atoms with van der Waals surface area (Å²) in [7, 11) is 0. The summed E-state index contributed by atoms with van der Waals surface area (Å²) in [6.07, 6.45) is 0.272. The van der Waals surface area contributed by atoms with Crippen LogP contribution in [0, 0.1) is 19.8 Å². The Balaban J connectivity index is 1.64. The molecule has 1 atom stereocenters. The summed E-state index contributed by atoms with van der Waals surface area (Å²) in [5, 5.41) is 2.94. The lowest BCUT2D eigenvalue weighted by molar-refractivity contribution is -0.126. The molecule has 0 bridgehead atoms. The van der Waals surface area contributed by atoms with E-state index in [1.54, 1.807) is 4.90 Å². The molecule has 4 heteroatoms. The number of carbonyl (C=O) groups excluding carboxylic acids is 2. The van der Waals surface area contributed by atoms with Gasteiger partial charge in [0.25, 0.3) is 0 Å². The van der Waals surface area contributed by atoms with Crippen molar-refractivity contribution in [2.24, 2.45) is 5.92 Å². The van der Waals surface area contributed by atoms with Crippen LogP contribution >= 0.6 is 0 Å². The largest absolute Gasteiger partial charge is 0.352 e. The SMILES string of the molecule is Cc1ccc(N2C[C@H](C(=O)NCc3ccccc3)CC2=O)c(C)c1. The first-order valence-corrected chi connectivity index (χ1v) is 8.24. The Morgan fingerprint density at radius 1 is 1.17 bits per heavy atom. The summed E-state index contributed by atoms with van der Waals surface area (Å²) in [5.74, 6) is -0.330. The third-order valence-electron chi connectivity index (χ3n) is 4.45. The van der Waals surface area contributed by atoms with Crippen molar-refractivity contribution in [1.29, 1.82) is 0 Å². The standard InChI is InChI=1S/C20H22N2O2/c1-14-8-9-18(15(2)10-14)22-13-17(11-19(22)23)20(24)21-12-16-6-4-3-5-7-16/h3-10,17H,11-13H2,1-2H3,(H,21,24)/t17-/m1/s1. The van der Waals surface area contributed by atoms with Gasteiger partial charge in [-0.25, -0.2) is 0 Å². The Hall–Kier alpha value is -2.62. The van der Waals surface area contributed by atoms with E-state index in [4.69, 9.17) is 0 Å². The molecule has 2 aromatic carbocycles.